The van der Waals surface area contributed by atoms with Crippen LogP contribution in [0.4, 0.5) is 0 Å². The van der Waals surface area contributed by atoms with Crippen LogP contribution in [-0.4, -0.2) is 66.2 Å². The highest BCUT2D eigenvalue weighted by atomic mass is 16.7. The molecule has 2 aromatic carbocycles. The van der Waals surface area contributed by atoms with Gasteiger partial charge in [0.05, 0.1) is 18.2 Å². The Balaban J connectivity index is 1.42. The number of pyridine rings is 1. The molecule has 1 aliphatic rings. The smallest absolute Gasteiger partial charge is 0.303 e. The average molecular weight is 632 g/mol. The van der Waals surface area contributed by atoms with Gasteiger partial charge in [0, 0.05) is 51.3 Å². The standard InChI is InChI=1S/C34H33NO11/c1-19(36)41-18-30-31(42-20(2)37)32(43-21(3)38)33(44-22(4)39)34(46-30)45-27-9-10-28-25(16-27)11-13-35-29(28)15-23-5-7-24(8-6-23)26-12-14-40-17-26/h5-14,16-17,30-34H,15,18H2,1-4H3/t30-,31-,32+,33-,34-/m1/s1. The van der Waals surface area contributed by atoms with E-state index in [1.165, 1.54) is 13.8 Å². The second-order valence-corrected chi connectivity index (χ2v) is 10.7. The van der Waals surface area contributed by atoms with Crippen LogP contribution < -0.4 is 4.74 Å². The summed E-state index contributed by atoms with van der Waals surface area (Å²) in [7, 11) is 0. The second-order valence-electron chi connectivity index (χ2n) is 10.7. The molecule has 5 atom stereocenters. The summed E-state index contributed by atoms with van der Waals surface area (Å²) in [6, 6.07) is 17.2. The van der Waals surface area contributed by atoms with Gasteiger partial charge in [-0.1, -0.05) is 24.3 Å². The largest absolute Gasteiger partial charge is 0.472 e. The number of esters is 4. The fourth-order valence-corrected chi connectivity index (χ4v) is 5.29. The lowest BCUT2D eigenvalue weighted by molar-refractivity contribution is -0.288. The predicted octanol–water partition coefficient (Wildman–Crippen LogP) is 4.55. The van der Waals surface area contributed by atoms with Gasteiger partial charge in [-0.3, -0.25) is 24.2 Å². The lowest BCUT2D eigenvalue weighted by Crippen LogP contribution is -2.63. The first-order valence-corrected chi connectivity index (χ1v) is 14.5. The Morgan fingerprint density at radius 1 is 0.761 bits per heavy atom. The average Bonchev–Trinajstić information content (AvgIpc) is 3.54. The van der Waals surface area contributed by atoms with Crippen molar-refractivity contribution in [3.63, 3.8) is 0 Å². The number of carbonyl (C=O) groups is 4. The first-order valence-electron chi connectivity index (χ1n) is 14.5. The van der Waals surface area contributed by atoms with Crippen molar-refractivity contribution in [1.29, 1.82) is 0 Å². The summed E-state index contributed by atoms with van der Waals surface area (Å²) in [6.45, 7) is 4.34. The minimum Gasteiger partial charge on any atom is -0.472 e. The second kappa shape index (κ2) is 14.2. The summed E-state index contributed by atoms with van der Waals surface area (Å²) < 4.78 is 39.0. The third-order valence-corrected chi connectivity index (χ3v) is 7.20. The number of hydrogen-bond acceptors (Lipinski definition) is 12. The molecular weight excluding hydrogens is 598 g/mol. The van der Waals surface area contributed by atoms with Crippen LogP contribution in [0, 0.1) is 0 Å². The van der Waals surface area contributed by atoms with E-state index < -0.39 is 54.6 Å². The Morgan fingerprint density at radius 3 is 2.11 bits per heavy atom. The minimum absolute atomic E-state index is 0.343. The highest BCUT2D eigenvalue weighted by molar-refractivity contribution is 5.86. The van der Waals surface area contributed by atoms with Crippen LogP contribution in [0.3, 0.4) is 0 Å². The number of fused-ring (bicyclic) bond motifs is 1. The molecule has 0 saturated carbocycles. The fourth-order valence-electron chi connectivity index (χ4n) is 5.29. The zero-order chi connectivity index (χ0) is 32.8. The van der Waals surface area contributed by atoms with Gasteiger partial charge >= 0.3 is 23.9 Å². The molecule has 0 unspecified atom stereocenters. The number of furan rings is 1. The van der Waals surface area contributed by atoms with Gasteiger partial charge in [0.2, 0.25) is 12.4 Å². The molecule has 1 aliphatic heterocycles. The highest BCUT2D eigenvalue weighted by Gasteiger charge is 2.53. The van der Waals surface area contributed by atoms with Crippen molar-refractivity contribution in [2.45, 2.75) is 64.8 Å². The Hall–Kier alpha value is -5.23. The van der Waals surface area contributed by atoms with Gasteiger partial charge in [-0.2, -0.15) is 0 Å². The van der Waals surface area contributed by atoms with E-state index in [2.05, 4.69) is 4.98 Å². The minimum atomic E-state index is -1.34. The molecule has 4 aromatic rings. The molecule has 0 aliphatic carbocycles. The van der Waals surface area contributed by atoms with Crippen LogP contribution in [0.2, 0.25) is 0 Å². The van der Waals surface area contributed by atoms with E-state index in [0.29, 0.717) is 12.2 Å². The van der Waals surface area contributed by atoms with Crippen molar-refractivity contribution in [1.82, 2.24) is 4.98 Å². The maximum Gasteiger partial charge on any atom is 0.303 e. The van der Waals surface area contributed by atoms with Gasteiger partial charge in [0.25, 0.3) is 0 Å². The Morgan fingerprint density at radius 2 is 1.46 bits per heavy atom. The molecule has 5 rings (SSSR count). The number of aromatic nitrogens is 1. The number of rotatable bonds is 10. The topological polar surface area (TPSA) is 150 Å². The molecule has 3 heterocycles. The van der Waals surface area contributed by atoms with Crippen LogP contribution in [0.1, 0.15) is 39.0 Å². The quantitative estimate of drug-likeness (QED) is 0.179. The number of benzene rings is 2. The molecule has 0 amide bonds. The van der Waals surface area contributed by atoms with Gasteiger partial charge in [-0.25, -0.2) is 0 Å². The van der Waals surface area contributed by atoms with E-state index in [-0.39, 0.29) is 6.61 Å². The zero-order valence-electron chi connectivity index (χ0n) is 25.7. The number of nitrogens with zero attached hydrogens (tertiary/aromatic N) is 1. The summed E-state index contributed by atoms with van der Waals surface area (Å²) in [5.41, 5.74) is 3.98. The Kier molecular flexibility index (Phi) is 9.97. The van der Waals surface area contributed by atoms with Crippen LogP contribution in [0.25, 0.3) is 21.9 Å². The van der Waals surface area contributed by atoms with Gasteiger partial charge in [0.1, 0.15) is 18.5 Å². The summed E-state index contributed by atoms with van der Waals surface area (Å²) in [5, 5.41) is 1.72. The van der Waals surface area contributed by atoms with Crippen molar-refractivity contribution < 1.29 is 52.0 Å². The van der Waals surface area contributed by atoms with Crippen LogP contribution in [0.15, 0.2) is 77.7 Å². The monoisotopic (exact) mass is 631 g/mol. The van der Waals surface area contributed by atoms with Crippen LogP contribution in [-0.2, 0) is 49.3 Å². The third-order valence-electron chi connectivity index (χ3n) is 7.20. The molecule has 240 valence electrons. The number of ether oxygens (including phenoxy) is 6. The van der Waals surface area contributed by atoms with Crippen molar-refractivity contribution in [2.75, 3.05) is 6.61 Å². The lowest BCUT2D eigenvalue weighted by atomic mass is 9.98. The fraction of sp³-hybridized carbons (Fsp3) is 0.324. The maximum absolute atomic E-state index is 12.1. The molecule has 2 aromatic heterocycles. The van der Waals surface area contributed by atoms with Gasteiger partial charge in [0.15, 0.2) is 12.2 Å². The van der Waals surface area contributed by atoms with Crippen molar-refractivity contribution in [3.8, 4) is 16.9 Å². The molecular formula is C34H33NO11. The SMILES string of the molecule is CC(=O)OC[C@H]1O[C@@H](Oc2ccc3c(Cc4ccc(-c5ccoc5)cc4)nccc3c2)[C@H](OC(C)=O)[C@@H](OC(C)=O)[C@@H]1OC(C)=O. The van der Waals surface area contributed by atoms with E-state index in [4.69, 9.17) is 32.8 Å². The number of hydrogen-bond donors (Lipinski definition) is 0. The Bertz CT molecular complexity index is 1700. The lowest BCUT2D eigenvalue weighted by Gasteiger charge is -2.43. The van der Waals surface area contributed by atoms with E-state index in [0.717, 1.165) is 47.0 Å². The van der Waals surface area contributed by atoms with Gasteiger partial charge in [-0.05, 0) is 46.8 Å². The Labute approximate surface area is 264 Å². The van der Waals surface area contributed by atoms with E-state index >= 15 is 0 Å². The summed E-state index contributed by atoms with van der Waals surface area (Å²) in [6.07, 6.45) is -0.783. The first kappa shape index (κ1) is 32.2. The van der Waals surface area contributed by atoms with Crippen LogP contribution in [0.5, 0.6) is 5.75 Å². The highest BCUT2D eigenvalue weighted by Crippen LogP contribution is 2.32. The molecule has 1 saturated heterocycles. The predicted molar refractivity (Wildman–Crippen MR) is 161 cm³/mol. The van der Waals surface area contributed by atoms with E-state index in [1.807, 2.05) is 42.5 Å². The van der Waals surface area contributed by atoms with Gasteiger partial charge < -0.3 is 32.8 Å². The molecule has 1 fully saturated rings. The summed E-state index contributed by atoms with van der Waals surface area (Å²) in [5.74, 6) is -2.43. The molecule has 12 nitrogen and oxygen atoms in total. The molecule has 0 radical (unpaired) electrons. The van der Waals surface area contributed by atoms with E-state index in [9.17, 15) is 19.2 Å². The molecule has 12 heteroatoms. The molecule has 46 heavy (non-hydrogen) atoms. The molecule has 0 bridgehead atoms. The van der Waals surface area contributed by atoms with Gasteiger partial charge in [-0.15, -0.1) is 0 Å². The van der Waals surface area contributed by atoms with Crippen molar-refractivity contribution in [2.24, 2.45) is 0 Å². The zero-order valence-corrected chi connectivity index (χ0v) is 25.7. The van der Waals surface area contributed by atoms with Crippen molar-refractivity contribution in [3.05, 3.63) is 84.6 Å². The molecule has 0 N–H and O–H groups in total. The first-order chi connectivity index (χ1) is 22.1. The maximum atomic E-state index is 12.1. The van der Waals surface area contributed by atoms with Crippen LogP contribution >= 0.6 is 0 Å². The van der Waals surface area contributed by atoms with Crippen molar-refractivity contribution >= 4 is 34.6 Å². The summed E-state index contributed by atoms with van der Waals surface area (Å²) >= 11 is 0. The number of carbonyl (C=O) groups excluding carboxylic acids is 4. The summed E-state index contributed by atoms with van der Waals surface area (Å²) in [4.78, 5) is 52.5. The van der Waals surface area contributed by atoms with E-state index in [1.54, 1.807) is 30.9 Å². The normalized spacial score (nSPS) is 20.8. The third kappa shape index (κ3) is 7.88. The molecule has 0 spiro atoms.